The highest BCUT2D eigenvalue weighted by molar-refractivity contribution is 7.89. The largest absolute Gasteiger partial charge is 0.355 e. The SMILES string of the molecule is CCNC(=O)CN(CC)S(=O)(=O)c1cccc(Cl)c1. The minimum absolute atomic E-state index is 0.0890. The van der Waals surface area contributed by atoms with Gasteiger partial charge in [-0.15, -0.1) is 0 Å². The Bertz CT molecular complexity index is 546. The lowest BCUT2D eigenvalue weighted by Crippen LogP contribution is -2.40. The van der Waals surface area contributed by atoms with Gasteiger partial charge in [-0.25, -0.2) is 8.42 Å². The van der Waals surface area contributed by atoms with Crippen LogP contribution in [-0.2, 0) is 14.8 Å². The van der Waals surface area contributed by atoms with Crippen molar-refractivity contribution in [3.63, 3.8) is 0 Å². The van der Waals surface area contributed by atoms with E-state index in [-0.39, 0.29) is 23.9 Å². The second-order valence-electron chi connectivity index (χ2n) is 3.84. The number of sulfonamides is 1. The van der Waals surface area contributed by atoms with E-state index in [9.17, 15) is 13.2 Å². The van der Waals surface area contributed by atoms with E-state index < -0.39 is 10.0 Å². The van der Waals surface area contributed by atoms with Crippen LogP contribution in [0.2, 0.25) is 5.02 Å². The van der Waals surface area contributed by atoms with Gasteiger partial charge in [-0.3, -0.25) is 4.79 Å². The molecule has 1 aromatic carbocycles. The van der Waals surface area contributed by atoms with Gasteiger partial charge in [0.05, 0.1) is 11.4 Å². The minimum Gasteiger partial charge on any atom is -0.355 e. The molecule has 0 heterocycles. The summed E-state index contributed by atoms with van der Waals surface area (Å²) in [5.41, 5.74) is 0. The lowest BCUT2D eigenvalue weighted by atomic mass is 10.4. The zero-order chi connectivity index (χ0) is 14.5. The summed E-state index contributed by atoms with van der Waals surface area (Å²) in [4.78, 5) is 11.6. The van der Waals surface area contributed by atoms with Gasteiger partial charge in [-0.1, -0.05) is 24.6 Å². The average Bonchev–Trinajstić information content (AvgIpc) is 2.36. The third-order valence-electron chi connectivity index (χ3n) is 2.48. The van der Waals surface area contributed by atoms with Crippen molar-refractivity contribution in [1.29, 1.82) is 0 Å². The van der Waals surface area contributed by atoms with Crippen molar-refractivity contribution in [3.8, 4) is 0 Å². The average molecular weight is 305 g/mol. The summed E-state index contributed by atoms with van der Waals surface area (Å²) < 4.78 is 25.8. The second-order valence-corrected chi connectivity index (χ2v) is 6.22. The first kappa shape index (κ1) is 15.9. The summed E-state index contributed by atoms with van der Waals surface area (Å²) in [5.74, 6) is -0.324. The van der Waals surface area contributed by atoms with Crippen molar-refractivity contribution in [2.45, 2.75) is 18.7 Å². The van der Waals surface area contributed by atoms with Crippen LogP contribution in [0, 0.1) is 0 Å². The molecule has 0 fully saturated rings. The van der Waals surface area contributed by atoms with Crippen LogP contribution in [0.25, 0.3) is 0 Å². The molecule has 0 saturated heterocycles. The van der Waals surface area contributed by atoms with Crippen molar-refractivity contribution in [2.75, 3.05) is 19.6 Å². The molecule has 0 atom stereocenters. The summed E-state index contributed by atoms with van der Waals surface area (Å²) in [5, 5.41) is 2.92. The third kappa shape index (κ3) is 4.19. The molecule has 0 radical (unpaired) electrons. The topological polar surface area (TPSA) is 66.5 Å². The molecule has 0 saturated carbocycles. The molecular weight excluding hydrogens is 288 g/mol. The van der Waals surface area contributed by atoms with E-state index in [1.165, 1.54) is 12.1 Å². The van der Waals surface area contributed by atoms with Gasteiger partial charge in [0, 0.05) is 18.1 Å². The lowest BCUT2D eigenvalue weighted by Gasteiger charge is -2.19. The number of halogens is 1. The van der Waals surface area contributed by atoms with E-state index in [1.807, 2.05) is 0 Å². The molecule has 0 bridgehead atoms. The Hall–Kier alpha value is -1.11. The predicted molar refractivity (Wildman–Crippen MR) is 74.6 cm³/mol. The molecule has 1 rings (SSSR count). The number of nitrogens with one attached hydrogen (secondary N) is 1. The molecule has 5 nitrogen and oxygen atoms in total. The van der Waals surface area contributed by atoms with Crippen LogP contribution in [0.15, 0.2) is 29.2 Å². The summed E-state index contributed by atoms with van der Waals surface area (Å²) >= 11 is 5.79. The van der Waals surface area contributed by atoms with Gasteiger partial charge in [0.25, 0.3) is 0 Å². The molecule has 0 unspecified atom stereocenters. The Morgan fingerprint density at radius 2 is 2.05 bits per heavy atom. The third-order valence-corrected chi connectivity index (χ3v) is 4.63. The van der Waals surface area contributed by atoms with Gasteiger partial charge in [-0.05, 0) is 25.1 Å². The number of nitrogens with zero attached hydrogens (tertiary/aromatic N) is 1. The predicted octanol–water partition coefficient (Wildman–Crippen LogP) is 1.49. The fourth-order valence-corrected chi connectivity index (χ4v) is 3.26. The van der Waals surface area contributed by atoms with E-state index in [2.05, 4.69) is 5.32 Å². The lowest BCUT2D eigenvalue weighted by molar-refractivity contribution is -0.121. The van der Waals surface area contributed by atoms with Crippen molar-refractivity contribution in [2.24, 2.45) is 0 Å². The first-order valence-electron chi connectivity index (χ1n) is 5.94. The number of benzene rings is 1. The normalized spacial score (nSPS) is 11.6. The standard InChI is InChI=1S/C12H17ClN2O3S/c1-3-14-12(16)9-15(4-2)19(17,18)11-7-5-6-10(13)8-11/h5-8H,3-4,9H2,1-2H3,(H,14,16). The van der Waals surface area contributed by atoms with Gasteiger partial charge >= 0.3 is 0 Å². The van der Waals surface area contributed by atoms with E-state index in [0.717, 1.165) is 4.31 Å². The van der Waals surface area contributed by atoms with Gasteiger partial charge in [0.2, 0.25) is 15.9 Å². The number of hydrogen-bond acceptors (Lipinski definition) is 3. The summed E-state index contributed by atoms with van der Waals surface area (Å²) in [6, 6.07) is 5.99. The molecule has 1 aromatic rings. The molecule has 0 aliphatic rings. The molecule has 19 heavy (non-hydrogen) atoms. The summed E-state index contributed by atoms with van der Waals surface area (Å²) in [7, 11) is -3.70. The molecule has 1 amide bonds. The maximum Gasteiger partial charge on any atom is 0.243 e. The fraction of sp³-hybridized carbons (Fsp3) is 0.417. The van der Waals surface area contributed by atoms with E-state index >= 15 is 0 Å². The van der Waals surface area contributed by atoms with E-state index in [0.29, 0.717) is 11.6 Å². The monoisotopic (exact) mass is 304 g/mol. The number of amides is 1. The Morgan fingerprint density at radius 3 is 2.58 bits per heavy atom. The van der Waals surface area contributed by atoms with Crippen molar-refractivity contribution >= 4 is 27.5 Å². The number of carbonyl (C=O) groups excluding carboxylic acids is 1. The molecule has 1 N–H and O–H groups in total. The van der Waals surface area contributed by atoms with E-state index in [4.69, 9.17) is 11.6 Å². The Labute approximate surface area is 118 Å². The van der Waals surface area contributed by atoms with Crippen LogP contribution in [0.5, 0.6) is 0 Å². The fourth-order valence-electron chi connectivity index (χ4n) is 1.56. The number of hydrogen-bond donors (Lipinski definition) is 1. The molecule has 0 aliphatic heterocycles. The maximum atomic E-state index is 12.3. The highest BCUT2D eigenvalue weighted by Crippen LogP contribution is 2.19. The van der Waals surface area contributed by atoms with Crippen molar-refractivity contribution < 1.29 is 13.2 Å². The van der Waals surface area contributed by atoms with Gasteiger partial charge in [0.15, 0.2) is 0 Å². The quantitative estimate of drug-likeness (QED) is 0.866. The zero-order valence-corrected chi connectivity index (χ0v) is 12.5. The number of rotatable bonds is 6. The zero-order valence-electron chi connectivity index (χ0n) is 10.9. The molecule has 106 valence electrons. The smallest absolute Gasteiger partial charge is 0.243 e. The molecule has 0 aliphatic carbocycles. The number of likely N-dealkylation sites (N-methyl/N-ethyl adjacent to an activating group) is 2. The minimum atomic E-state index is -3.70. The Balaban J connectivity index is 2.99. The Kier molecular flexibility index (Phi) is 5.78. The first-order valence-corrected chi connectivity index (χ1v) is 7.76. The first-order chi connectivity index (χ1) is 8.91. The van der Waals surface area contributed by atoms with Gasteiger partial charge in [-0.2, -0.15) is 4.31 Å². The molecule has 7 heteroatoms. The van der Waals surface area contributed by atoms with Crippen molar-refractivity contribution in [3.05, 3.63) is 29.3 Å². The number of carbonyl (C=O) groups is 1. The molecule has 0 aromatic heterocycles. The van der Waals surface area contributed by atoms with Gasteiger partial charge in [0.1, 0.15) is 0 Å². The summed E-state index contributed by atoms with van der Waals surface area (Å²) in [6.07, 6.45) is 0. The van der Waals surface area contributed by atoms with Crippen LogP contribution >= 0.6 is 11.6 Å². The molecule has 0 spiro atoms. The maximum absolute atomic E-state index is 12.3. The second kappa shape index (κ2) is 6.88. The van der Waals surface area contributed by atoms with Crippen LogP contribution in [-0.4, -0.2) is 38.3 Å². The van der Waals surface area contributed by atoms with Gasteiger partial charge < -0.3 is 5.32 Å². The summed E-state index contributed by atoms with van der Waals surface area (Å²) in [6.45, 7) is 3.94. The van der Waals surface area contributed by atoms with Crippen LogP contribution in [0.4, 0.5) is 0 Å². The highest BCUT2D eigenvalue weighted by atomic mass is 35.5. The Morgan fingerprint density at radius 1 is 1.37 bits per heavy atom. The van der Waals surface area contributed by atoms with Crippen LogP contribution in [0.3, 0.4) is 0 Å². The van der Waals surface area contributed by atoms with Crippen LogP contribution < -0.4 is 5.32 Å². The molecular formula is C12H17ClN2O3S. The highest BCUT2D eigenvalue weighted by Gasteiger charge is 2.25. The van der Waals surface area contributed by atoms with Crippen molar-refractivity contribution in [1.82, 2.24) is 9.62 Å². The van der Waals surface area contributed by atoms with Crippen LogP contribution in [0.1, 0.15) is 13.8 Å². The van der Waals surface area contributed by atoms with E-state index in [1.54, 1.807) is 26.0 Å².